The number of benzene rings is 12. The first kappa shape index (κ1) is 40.2. The molecule has 12 aromatic carbocycles. The Morgan fingerprint density at radius 1 is 0.300 bits per heavy atom. The quantitative estimate of drug-likeness (QED) is 0.156. The van der Waals surface area contributed by atoms with Crippen LogP contribution in [0.15, 0.2) is 237 Å². The number of aromatic nitrogens is 3. The second-order valence-electron chi connectivity index (χ2n) is 19.3. The van der Waals surface area contributed by atoms with E-state index in [1.54, 1.807) is 0 Å². The highest BCUT2D eigenvalue weighted by atomic mass is 15.3. The summed E-state index contributed by atoms with van der Waals surface area (Å²) in [5, 5.41) is 22.0. The predicted octanol–water partition coefficient (Wildman–Crippen LogP) is 17.7. The van der Waals surface area contributed by atoms with Gasteiger partial charge in [0.25, 0.3) is 0 Å². The largest absolute Gasteiger partial charge is 0.275 e. The standard InChI is InChI=1S/C67H45N3/c1-67(2)60-32-18-17-29-52(60)57-40-58-59(41-61(57)67)64(56-38-37-55(50-27-13-14-28-51(50)56)63-48-25-11-9-23-45(48)39-46-24-10-12-26-49(46)63)54-31-16-15-30-53(54)62(58)42-33-35-47(36-34-42)70-65(43-19-5-3-6-20-43)68-69-66(70)44-21-7-4-8-22-44/h3-41H,1-2H3. The second kappa shape index (κ2) is 15.6. The maximum Gasteiger partial charge on any atom is 0.168 e. The van der Waals surface area contributed by atoms with Gasteiger partial charge in [-0.05, 0) is 140 Å². The van der Waals surface area contributed by atoms with Gasteiger partial charge in [0.05, 0.1) is 0 Å². The first-order valence-electron chi connectivity index (χ1n) is 24.2. The Hall–Kier alpha value is -8.92. The van der Waals surface area contributed by atoms with E-state index < -0.39 is 0 Å². The molecule has 0 spiro atoms. The Labute approximate surface area is 406 Å². The smallest absolute Gasteiger partial charge is 0.168 e. The van der Waals surface area contributed by atoms with Crippen LogP contribution in [0, 0.1) is 0 Å². The number of fused-ring (bicyclic) bond motifs is 8. The number of nitrogens with zero attached hydrogens (tertiary/aromatic N) is 3. The third kappa shape index (κ3) is 6.01. The molecule has 0 fully saturated rings. The summed E-state index contributed by atoms with van der Waals surface area (Å²) >= 11 is 0. The lowest BCUT2D eigenvalue weighted by Gasteiger charge is -2.24. The van der Waals surface area contributed by atoms with Gasteiger partial charge in [-0.2, -0.15) is 0 Å². The molecule has 1 aliphatic carbocycles. The SMILES string of the molecule is CC1(C)c2ccccc2-c2cc3c(-c4ccc(-n5c(-c6ccccc6)nnc5-c5ccccc5)cc4)c4ccccc4c(-c4ccc(-c5c6ccccc6cc6ccccc56)c5ccccc45)c3cc21. The molecule has 0 atom stereocenters. The van der Waals surface area contributed by atoms with E-state index in [4.69, 9.17) is 10.2 Å². The number of hydrogen-bond acceptors (Lipinski definition) is 2. The van der Waals surface area contributed by atoms with E-state index in [1.807, 2.05) is 12.1 Å². The molecule has 0 radical (unpaired) electrons. The molecular weight excluding hydrogens is 847 g/mol. The minimum absolute atomic E-state index is 0.183. The van der Waals surface area contributed by atoms with Gasteiger partial charge in [0.1, 0.15) is 0 Å². The van der Waals surface area contributed by atoms with Crippen molar-refractivity contribution in [3.63, 3.8) is 0 Å². The topological polar surface area (TPSA) is 30.7 Å². The highest BCUT2D eigenvalue weighted by molar-refractivity contribution is 6.26. The van der Waals surface area contributed by atoms with E-state index in [9.17, 15) is 0 Å². The van der Waals surface area contributed by atoms with Crippen molar-refractivity contribution in [1.82, 2.24) is 14.8 Å². The van der Waals surface area contributed by atoms with Gasteiger partial charge in [-0.15, -0.1) is 10.2 Å². The van der Waals surface area contributed by atoms with Crippen LogP contribution in [0.4, 0.5) is 0 Å². The lowest BCUT2D eigenvalue weighted by molar-refractivity contribution is 0.661. The Kier molecular flexibility index (Phi) is 8.93. The average molecular weight is 892 g/mol. The van der Waals surface area contributed by atoms with Crippen molar-refractivity contribution < 1.29 is 0 Å². The van der Waals surface area contributed by atoms with Gasteiger partial charge in [-0.25, -0.2) is 0 Å². The van der Waals surface area contributed by atoms with Crippen LogP contribution < -0.4 is 0 Å². The minimum atomic E-state index is -0.183. The van der Waals surface area contributed by atoms with E-state index in [0.29, 0.717) is 0 Å². The normalized spacial score (nSPS) is 12.8. The molecule has 3 heteroatoms. The van der Waals surface area contributed by atoms with Crippen LogP contribution in [-0.4, -0.2) is 14.8 Å². The summed E-state index contributed by atoms with van der Waals surface area (Å²) in [6.07, 6.45) is 0. The summed E-state index contributed by atoms with van der Waals surface area (Å²) in [6, 6.07) is 86.8. The third-order valence-electron chi connectivity index (χ3n) is 15.1. The fourth-order valence-electron chi connectivity index (χ4n) is 11.9. The van der Waals surface area contributed by atoms with Gasteiger partial charge in [0, 0.05) is 22.2 Å². The second-order valence-corrected chi connectivity index (χ2v) is 19.3. The van der Waals surface area contributed by atoms with Crippen molar-refractivity contribution in [1.29, 1.82) is 0 Å². The zero-order valence-corrected chi connectivity index (χ0v) is 38.9. The molecule has 0 bridgehead atoms. The molecular formula is C67H45N3. The fourth-order valence-corrected chi connectivity index (χ4v) is 11.9. The predicted molar refractivity (Wildman–Crippen MR) is 294 cm³/mol. The first-order chi connectivity index (χ1) is 34.5. The molecule has 0 amide bonds. The van der Waals surface area contributed by atoms with Crippen LogP contribution in [-0.2, 0) is 5.41 Å². The Morgan fingerprint density at radius 3 is 1.34 bits per heavy atom. The molecule has 328 valence electrons. The van der Waals surface area contributed by atoms with Crippen LogP contribution in [0.1, 0.15) is 25.0 Å². The molecule has 0 aliphatic heterocycles. The number of rotatable bonds is 6. The van der Waals surface area contributed by atoms with Crippen molar-refractivity contribution >= 4 is 53.9 Å². The molecule has 70 heavy (non-hydrogen) atoms. The molecule has 1 heterocycles. The van der Waals surface area contributed by atoms with Crippen LogP contribution in [0.5, 0.6) is 0 Å². The van der Waals surface area contributed by atoms with Crippen LogP contribution in [0.25, 0.3) is 127 Å². The van der Waals surface area contributed by atoms with Gasteiger partial charge in [-0.1, -0.05) is 220 Å². The van der Waals surface area contributed by atoms with E-state index in [0.717, 1.165) is 34.0 Å². The van der Waals surface area contributed by atoms with Gasteiger partial charge in [0.15, 0.2) is 11.6 Å². The zero-order chi connectivity index (χ0) is 46.5. The molecule has 13 aromatic rings. The third-order valence-corrected chi connectivity index (χ3v) is 15.1. The Balaban J connectivity index is 1.04. The van der Waals surface area contributed by atoms with Crippen LogP contribution >= 0.6 is 0 Å². The zero-order valence-electron chi connectivity index (χ0n) is 38.9. The van der Waals surface area contributed by atoms with Crippen molar-refractivity contribution in [3.8, 4) is 73.0 Å². The van der Waals surface area contributed by atoms with Gasteiger partial charge >= 0.3 is 0 Å². The summed E-state index contributed by atoms with van der Waals surface area (Å²) in [5.41, 5.74) is 15.6. The average Bonchev–Trinajstić information content (AvgIpc) is 3.96. The lowest BCUT2D eigenvalue weighted by Crippen LogP contribution is -2.14. The van der Waals surface area contributed by atoms with Gasteiger partial charge in [-0.3, -0.25) is 4.57 Å². The summed E-state index contributed by atoms with van der Waals surface area (Å²) < 4.78 is 2.19. The van der Waals surface area contributed by atoms with E-state index >= 15 is 0 Å². The molecule has 0 N–H and O–H groups in total. The van der Waals surface area contributed by atoms with E-state index in [1.165, 1.54) is 104 Å². The minimum Gasteiger partial charge on any atom is -0.275 e. The van der Waals surface area contributed by atoms with Crippen molar-refractivity contribution in [3.05, 3.63) is 248 Å². The monoisotopic (exact) mass is 891 g/mol. The number of hydrogen-bond donors (Lipinski definition) is 0. The Morgan fingerprint density at radius 2 is 0.757 bits per heavy atom. The van der Waals surface area contributed by atoms with Crippen molar-refractivity contribution in [2.75, 3.05) is 0 Å². The molecule has 0 saturated carbocycles. The summed E-state index contributed by atoms with van der Waals surface area (Å²) in [4.78, 5) is 0. The molecule has 1 aliphatic rings. The van der Waals surface area contributed by atoms with E-state index in [-0.39, 0.29) is 5.41 Å². The highest BCUT2D eigenvalue weighted by Gasteiger charge is 2.36. The van der Waals surface area contributed by atoms with Gasteiger partial charge < -0.3 is 0 Å². The van der Waals surface area contributed by atoms with Gasteiger partial charge in [0.2, 0.25) is 0 Å². The van der Waals surface area contributed by atoms with Crippen LogP contribution in [0.3, 0.4) is 0 Å². The van der Waals surface area contributed by atoms with Crippen LogP contribution in [0.2, 0.25) is 0 Å². The summed E-state index contributed by atoms with van der Waals surface area (Å²) in [5.74, 6) is 1.60. The molecule has 0 unspecified atom stereocenters. The van der Waals surface area contributed by atoms with Crippen molar-refractivity contribution in [2.45, 2.75) is 19.3 Å². The summed E-state index contributed by atoms with van der Waals surface area (Å²) in [6.45, 7) is 4.78. The highest BCUT2D eigenvalue weighted by Crippen LogP contribution is 2.54. The molecule has 14 rings (SSSR count). The Bertz CT molecular complexity index is 4130. The lowest BCUT2D eigenvalue weighted by atomic mass is 9.79. The molecule has 0 saturated heterocycles. The molecule has 1 aromatic heterocycles. The van der Waals surface area contributed by atoms with E-state index in [2.05, 4.69) is 243 Å². The summed E-state index contributed by atoms with van der Waals surface area (Å²) in [7, 11) is 0. The fraction of sp³-hybridized carbons (Fsp3) is 0.0448. The van der Waals surface area contributed by atoms with Crippen molar-refractivity contribution in [2.24, 2.45) is 0 Å². The maximum atomic E-state index is 4.79. The molecule has 3 nitrogen and oxygen atoms in total. The maximum absolute atomic E-state index is 4.79. The first-order valence-corrected chi connectivity index (χ1v) is 24.2.